The van der Waals surface area contributed by atoms with Gasteiger partial charge in [-0.15, -0.1) is 0 Å². The molecular weight excluding hydrogens is 261 g/mol. The van der Waals surface area contributed by atoms with Crippen molar-refractivity contribution >= 4 is 5.69 Å². The third kappa shape index (κ3) is 4.25. The van der Waals surface area contributed by atoms with E-state index < -0.39 is 16.4 Å². The zero-order valence-corrected chi connectivity index (χ0v) is 12.2. The normalized spacial score (nSPS) is 11.9. The van der Waals surface area contributed by atoms with E-state index in [0.717, 1.165) is 6.54 Å². The lowest BCUT2D eigenvalue weighted by molar-refractivity contribution is -0.387. The molecule has 0 spiro atoms. The summed E-state index contributed by atoms with van der Waals surface area (Å²) in [4.78, 5) is 12.1. The van der Waals surface area contributed by atoms with Gasteiger partial charge in [-0.2, -0.15) is 4.39 Å². The number of benzene rings is 1. The van der Waals surface area contributed by atoms with Crippen molar-refractivity contribution in [3.8, 4) is 0 Å². The Labute approximate surface area is 118 Å². The number of rotatable bonds is 7. The van der Waals surface area contributed by atoms with Gasteiger partial charge in [0.05, 0.1) is 4.92 Å². The van der Waals surface area contributed by atoms with E-state index in [1.165, 1.54) is 12.1 Å². The molecule has 6 heteroatoms. The van der Waals surface area contributed by atoms with E-state index >= 15 is 0 Å². The molecule has 0 aliphatic heterocycles. The predicted molar refractivity (Wildman–Crippen MR) is 76.8 cm³/mol. The van der Waals surface area contributed by atoms with E-state index in [2.05, 4.69) is 0 Å². The van der Waals surface area contributed by atoms with E-state index in [1.807, 2.05) is 25.7 Å². The largest absolute Gasteiger partial charge is 0.330 e. The molecule has 0 unspecified atom stereocenters. The summed E-state index contributed by atoms with van der Waals surface area (Å²) < 4.78 is 14.0. The van der Waals surface area contributed by atoms with Gasteiger partial charge in [0, 0.05) is 24.7 Å². The first kappa shape index (κ1) is 16.5. The van der Waals surface area contributed by atoms with Crippen LogP contribution in [0.1, 0.15) is 26.3 Å². The fourth-order valence-electron chi connectivity index (χ4n) is 2.02. The second-order valence-corrected chi connectivity index (χ2v) is 5.68. The maximum atomic E-state index is 14.0. The zero-order chi connectivity index (χ0) is 15.3. The molecule has 0 atom stereocenters. The predicted octanol–water partition coefficient (Wildman–Crippen LogP) is 2.54. The average molecular weight is 283 g/mol. The number of hydrogen-bond donors (Lipinski definition) is 1. The van der Waals surface area contributed by atoms with Crippen molar-refractivity contribution in [1.29, 1.82) is 0 Å². The summed E-state index contributed by atoms with van der Waals surface area (Å²) >= 11 is 0. The molecule has 1 aromatic rings. The van der Waals surface area contributed by atoms with Crippen LogP contribution >= 0.6 is 0 Å². The summed E-state index contributed by atoms with van der Waals surface area (Å²) in [6, 6.07) is 4.28. The lowest BCUT2D eigenvalue weighted by Gasteiger charge is -2.31. The van der Waals surface area contributed by atoms with E-state index in [4.69, 9.17) is 5.73 Å². The van der Waals surface area contributed by atoms with Crippen LogP contribution in [0.3, 0.4) is 0 Å². The zero-order valence-electron chi connectivity index (χ0n) is 12.2. The highest BCUT2D eigenvalue weighted by atomic mass is 19.1. The van der Waals surface area contributed by atoms with Crippen LogP contribution in [0.2, 0.25) is 0 Å². The molecule has 0 amide bonds. The van der Waals surface area contributed by atoms with Gasteiger partial charge in [0.1, 0.15) is 0 Å². The first-order valence-electron chi connectivity index (χ1n) is 6.65. The van der Waals surface area contributed by atoms with Crippen molar-refractivity contribution in [3.63, 3.8) is 0 Å². The van der Waals surface area contributed by atoms with Crippen LogP contribution in [0.25, 0.3) is 0 Å². The maximum Gasteiger partial charge on any atom is 0.305 e. The number of nitro benzene ring substituents is 1. The number of nitrogens with zero attached hydrogens (tertiary/aromatic N) is 2. The monoisotopic (exact) mass is 283 g/mol. The molecule has 0 fully saturated rings. The molecule has 0 aromatic heterocycles. The van der Waals surface area contributed by atoms with Crippen molar-refractivity contribution < 1.29 is 9.31 Å². The molecule has 0 bridgehead atoms. The number of nitrogens with two attached hydrogens (primary N) is 1. The maximum absolute atomic E-state index is 14.0. The summed E-state index contributed by atoms with van der Waals surface area (Å²) in [6.45, 7) is 8.36. The van der Waals surface area contributed by atoms with Gasteiger partial charge in [-0.1, -0.05) is 32.9 Å². The van der Waals surface area contributed by atoms with Gasteiger partial charge in [-0.3, -0.25) is 15.0 Å². The molecule has 5 nitrogen and oxygen atoms in total. The van der Waals surface area contributed by atoms with E-state index in [1.54, 1.807) is 6.07 Å². The standard InChI is InChI=1S/C14H22FN3O2/c1-4-17(10-14(2,3)9-16)8-11-6-5-7-12(13(11)15)18(19)20/h5-7H,4,8-10,16H2,1-3H3. The Balaban J connectivity index is 2.91. The van der Waals surface area contributed by atoms with Crippen molar-refractivity contribution in [2.24, 2.45) is 11.1 Å². The molecule has 1 aromatic carbocycles. The van der Waals surface area contributed by atoms with Gasteiger partial charge < -0.3 is 5.73 Å². The van der Waals surface area contributed by atoms with E-state index in [0.29, 0.717) is 25.2 Å². The summed E-state index contributed by atoms with van der Waals surface area (Å²) in [7, 11) is 0. The van der Waals surface area contributed by atoms with Gasteiger partial charge >= 0.3 is 5.69 Å². The summed E-state index contributed by atoms with van der Waals surface area (Å²) in [5.74, 6) is -0.749. The van der Waals surface area contributed by atoms with Gasteiger partial charge in [0.15, 0.2) is 0 Å². The minimum Gasteiger partial charge on any atom is -0.330 e. The Bertz CT molecular complexity index is 477. The van der Waals surface area contributed by atoms with Crippen LogP contribution in [0.15, 0.2) is 18.2 Å². The smallest absolute Gasteiger partial charge is 0.305 e. The quantitative estimate of drug-likeness (QED) is 0.616. The molecule has 0 aliphatic rings. The van der Waals surface area contributed by atoms with Crippen LogP contribution in [0.4, 0.5) is 10.1 Å². The number of halogens is 1. The first-order valence-corrected chi connectivity index (χ1v) is 6.65. The molecule has 0 aliphatic carbocycles. The summed E-state index contributed by atoms with van der Waals surface area (Å²) in [5, 5.41) is 10.7. The Kier molecular flexibility index (Phi) is 5.59. The minimum absolute atomic E-state index is 0.0762. The Morgan fingerprint density at radius 2 is 2.10 bits per heavy atom. The van der Waals surface area contributed by atoms with E-state index in [9.17, 15) is 14.5 Å². The van der Waals surface area contributed by atoms with E-state index in [-0.39, 0.29) is 5.41 Å². The summed E-state index contributed by atoms with van der Waals surface area (Å²) in [5.41, 5.74) is 5.50. The summed E-state index contributed by atoms with van der Waals surface area (Å²) in [6.07, 6.45) is 0. The Morgan fingerprint density at radius 3 is 2.60 bits per heavy atom. The van der Waals surface area contributed by atoms with Crippen LogP contribution in [0.5, 0.6) is 0 Å². The minimum atomic E-state index is -0.749. The van der Waals surface area contributed by atoms with Crippen molar-refractivity contribution in [3.05, 3.63) is 39.7 Å². The highest BCUT2D eigenvalue weighted by molar-refractivity contribution is 5.36. The van der Waals surface area contributed by atoms with Gasteiger partial charge in [0.25, 0.3) is 0 Å². The molecule has 20 heavy (non-hydrogen) atoms. The second kappa shape index (κ2) is 6.76. The van der Waals surface area contributed by atoms with Crippen LogP contribution in [-0.2, 0) is 6.54 Å². The highest BCUT2D eigenvalue weighted by Crippen LogP contribution is 2.23. The molecule has 0 saturated carbocycles. The first-order chi connectivity index (χ1) is 9.30. The molecule has 0 saturated heterocycles. The number of hydrogen-bond acceptors (Lipinski definition) is 4. The van der Waals surface area contributed by atoms with Crippen molar-refractivity contribution in [2.45, 2.75) is 27.3 Å². The molecular formula is C14H22FN3O2. The third-order valence-corrected chi connectivity index (χ3v) is 3.30. The molecule has 112 valence electrons. The van der Waals surface area contributed by atoms with Crippen LogP contribution < -0.4 is 5.73 Å². The van der Waals surface area contributed by atoms with Gasteiger partial charge in [-0.05, 0) is 18.5 Å². The fourth-order valence-corrected chi connectivity index (χ4v) is 2.02. The van der Waals surface area contributed by atoms with Crippen molar-refractivity contribution in [2.75, 3.05) is 19.6 Å². The van der Waals surface area contributed by atoms with Crippen molar-refractivity contribution in [1.82, 2.24) is 4.90 Å². The molecule has 2 N–H and O–H groups in total. The Morgan fingerprint density at radius 1 is 1.45 bits per heavy atom. The molecule has 0 radical (unpaired) electrons. The third-order valence-electron chi connectivity index (χ3n) is 3.30. The second-order valence-electron chi connectivity index (χ2n) is 5.68. The Hall–Kier alpha value is -1.53. The van der Waals surface area contributed by atoms with Crippen LogP contribution in [-0.4, -0.2) is 29.5 Å². The SMILES string of the molecule is CCN(Cc1cccc([N+](=O)[O-])c1F)CC(C)(C)CN. The lowest BCUT2D eigenvalue weighted by atomic mass is 9.93. The lowest BCUT2D eigenvalue weighted by Crippen LogP contribution is -2.38. The van der Waals surface area contributed by atoms with Crippen LogP contribution in [0, 0.1) is 21.3 Å². The van der Waals surface area contributed by atoms with Gasteiger partial charge in [-0.25, -0.2) is 0 Å². The average Bonchev–Trinajstić information content (AvgIpc) is 2.39. The fraction of sp³-hybridized carbons (Fsp3) is 0.571. The van der Waals surface area contributed by atoms with Gasteiger partial charge in [0.2, 0.25) is 5.82 Å². The topological polar surface area (TPSA) is 72.4 Å². The molecule has 0 heterocycles. The number of nitro groups is 1. The highest BCUT2D eigenvalue weighted by Gasteiger charge is 2.22. The molecule has 1 rings (SSSR count).